The molecular formula is C7H14N6O2. The molecule has 0 radical (unpaired) electrons. The fourth-order valence-corrected chi connectivity index (χ4v) is 0.739. The van der Waals surface area contributed by atoms with Gasteiger partial charge >= 0.3 is 0 Å². The summed E-state index contributed by atoms with van der Waals surface area (Å²) >= 11 is 0. The first-order valence-corrected chi connectivity index (χ1v) is 3.93. The lowest BCUT2D eigenvalue weighted by Crippen LogP contribution is -2.31. The van der Waals surface area contributed by atoms with E-state index in [0.717, 1.165) is 0 Å². The highest BCUT2D eigenvalue weighted by Crippen LogP contribution is 2.08. The summed E-state index contributed by atoms with van der Waals surface area (Å²) < 4.78 is 0. The number of carbonyl (C=O) groups is 1. The number of nitrogens with one attached hydrogen (secondary N) is 1. The molecule has 0 aliphatic carbocycles. The average molecular weight is 214 g/mol. The van der Waals surface area contributed by atoms with Crippen molar-refractivity contribution in [2.75, 3.05) is 16.8 Å². The van der Waals surface area contributed by atoms with Gasteiger partial charge in [-0.25, -0.2) is 0 Å². The van der Waals surface area contributed by atoms with Crippen LogP contribution in [0.15, 0.2) is 0 Å². The Labute approximate surface area is 86.7 Å². The van der Waals surface area contributed by atoms with Crippen LogP contribution in [0, 0.1) is 0 Å². The van der Waals surface area contributed by atoms with Gasteiger partial charge in [0.25, 0.3) is 0 Å². The molecule has 0 amide bonds. The summed E-state index contributed by atoms with van der Waals surface area (Å²) in [5, 5.41) is 12.0. The van der Waals surface area contributed by atoms with Crippen molar-refractivity contribution in [2.45, 2.75) is 19.6 Å². The van der Waals surface area contributed by atoms with E-state index in [4.69, 9.17) is 16.3 Å². The molecule has 1 rings (SSSR count). The predicted octanol–water partition coefficient (Wildman–Crippen LogP) is -1.01. The number of rotatable bonds is 2. The second-order valence-corrected chi connectivity index (χ2v) is 3.06. The Balaban J connectivity index is 0.000000921. The van der Waals surface area contributed by atoms with Crippen LogP contribution in [-0.2, 0) is 4.79 Å². The highest BCUT2D eigenvalue weighted by atomic mass is 16.3. The largest absolute Gasteiger partial charge is 0.372 e. The number of nitrogens with zero attached hydrogens (tertiary/aromatic N) is 3. The molecule has 0 aromatic carbocycles. The Morgan fingerprint density at radius 1 is 1.20 bits per heavy atom. The van der Waals surface area contributed by atoms with Gasteiger partial charge in [-0.1, -0.05) is 0 Å². The average Bonchev–Trinajstić information content (AvgIpc) is 2.02. The van der Waals surface area contributed by atoms with Crippen molar-refractivity contribution in [2.24, 2.45) is 0 Å². The highest BCUT2D eigenvalue weighted by Gasteiger charge is 2.13. The van der Waals surface area contributed by atoms with Gasteiger partial charge in [0.2, 0.25) is 17.8 Å². The predicted molar refractivity (Wildman–Crippen MR) is 55.7 cm³/mol. The van der Waals surface area contributed by atoms with E-state index in [9.17, 15) is 5.11 Å². The number of hydrogen-bond donors (Lipinski definition) is 4. The summed E-state index contributed by atoms with van der Waals surface area (Å²) in [5.74, 6) is 0.177. The Bertz CT molecular complexity index is 303. The molecule has 0 aliphatic heterocycles. The van der Waals surface area contributed by atoms with Crippen LogP contribution in [0.3, 0.4) is 0 Å². The first-order valence-electron chi connectivity index (χ1n) is 3.93. The van der Waals surface area contributed by atoms with Crippen LogP contribution in [0.2, 0.25) is 0 Å². The first kappa shape index (κ1) is 13.0. The molecule has 1 aromatic rings. The van der Waals surface area contributed by atoms with Gasteiger partial charge in [0.05, 0.1) is 0 Å². The summed E-state index contributed by atoms with van der Waals surface area (Å²) in [6.07, 6.45) is 0. The third-order valence-electron chi connectivity index (χ3n) is 1.09. The summed E-state index contributed by atoms with van der Waals surface area (Å²) in [7, 11) is 0. The van der Waals surface area contributed by atoms with Gasteiger partial charge in [-0.3, -0.25) is 0 Å². The lowest BCUT2D eigenvalue weighted by Gasteiger charge is -2.18. The fraction of sp³-hybridized carbons (Fsp3) is 0.429. The Hall–Kier alpha value is -1.96. The van der Waals surface area contributed by atoms with Crippen molar-refractivity contribution in [3.63, 3.8) is 0 Å². The number of hydrogen-bond acceptors (Lipinski definition) is 8. The van der Waals surface area contributed by atoms with E-state index in [0.29, 0.717) is 0 Å². The second-order valence-electron chi connectivity index (χ2n) is 3.06. The molecule has 15 heavy (non-hydrogen) atoms. The molecule has 1 heterocycles. The normalized spacial score (nSPS) is 10.1. The molecule has 6 N–H and O–H groups in total. The van der Waals surface area contributed by atoms with Gasteiger partial charge in [0.1, 0.15) is 12.5 Å². The van der Waals surface area contributed by atoms with E-state index in [1.807, 2.05) is 6.79 Å². The van der Waals surface area contributed by atoms with Gasteiger partial charge in [-0.05, 0) is 13.8 Å². The molecule has 0 bridgehead atoms. The van der Waals surface area contributed by atoms with Gasteiger partial charge in [-0.2, -0.15) is 15.0 Å². The Morgan fingerprint density at radius 3 is 1.93 bits per heavy atom. The topological polar surface area (TPSA) is 140 Å². The SMILES string of the molecule is C=O.CC(C)(O)Nc1nc(N)nc(N)n1. The Morgan fingerprint density at radius 2 is 1.60 bits per heavy atom. The van der Waals surface area contributed by atoms with Gasteiger partial charge < -0.3 is 26.7 Å². The molecule has 0 aliphatic rings. The van der Waals surface area contributed by atoms with E-state index < -0.39 is 5.72 Å². The van der Waals surface area contributed by atoms with Crippen molar-refractivity contribution in [3.05, 3.63) is 0 Å². The van der Waals surface area contributed by atoms with Crippen LogP contribution in [0.4, 0.5) is 17.8 Å². The molecular weight excluding hydrogens is 200 g/mol. The minimum absolute atomic E-state index is 0.0132. The first-order chi connectivity index (χ1) is 6.87. The summed E-state index contributed by atoms with van der Waals surface area (Å²) in [5.41, 5.74) is 9.50. The van der Waals surface area contributed by atoms with Crippen molar-refractivity contribution in [1.29, 1.82) is 0 Å². The lowest BCUT2D eigenvalue weighted by atomic mass is 10.3. The maximum Gasteiger partial charge on any atom is 0.231 e. The monoisotopic (exact) mass is 214 g/mol. The van der Waals surface area contributed by atoms with E-state index in [1.165, 1.54) is 0 Å². The van der Waals surface area contributed by atoms with E-state index in [-0.39, 0.29) is 17.8 Å². The summed E-state index contributed by atoms with van der Waals surface area (Å²) in [6, 6.07) is 0. The van der Waals surface area contributed by atoms with Crippen LogP contribution in [0.25, 0.3) is 0 Å². The number of aliphatic hydroxyl groups is 1. The molecule has 84 valence electrons. The van der Waals surface area contributed by atoms with Crippen molar-refractivity contribution in [1.82, 2.24) is 15.0 Å². The molecule has 0 fully saturated rings. The zero-order valence-electron chi connectivity index (χ0n) is 8.56. The Kier molecular flexibility index (Phi) is 4.39. The fourth-order valence-electron chi connectivity index (χ4n) is 0.739. The van der Waals surface area contributed by atoms with Crippen LogP contribution in [0.5, 0.6) is 0 Å². The van der Waals surface area contributed by atoms with Crippen LogP contribution < -0.4 is 16.8 Å². The number of anilines is 3. The maximum atomic E-state index is 9.36. The molecule has 0 atom stereocenters. The quantitative estimate of drug-likeness (QED) is 0.459. The molecule has 1 aromatic heterocycles. The van der Waals surface area contributed by atoms with Gasteiger partial charge in [-0.15, -0.1) is 0 Å². The second kappa shape index (κ2) is 5.05. The third kappa shape index (κ3) is 5.37. The van der Waals surface area contributed by atoms with Crippen molar-refractivity contribution in [3.8, 4) is 0 Å². The molecule has 8 nitrogen and oxygen atoms in total. The van der Waals surface area contributed by atoms with E-state index >= 15 is 0 Å². The summed E-state index contributed by atoms with van der Waals surface area (Å²) in [6.45, 7) is 5.09. The number of nitrogens with two attached hydrogens (primary N) is 2. The zero-order chi connectivity index (χ0) is 12.1. The van der Waals surface area contributed by atoms with Crippen LogP contribution in [0.1, 0.15) is 13.8 Å². The maximum absolute atomic E-state index is 9.36. The molecule has 0 unspecified atom stereocenters. The van der Waals surface area contributed by atoms with Gasteiger partial charge in [0, 0.05) is 0 Å². The highest BCUT2D eigenvalue weighted by molar-refractivity contribution is 5.37. The minimum atomic E-state index is -1.12. The molecule has 8 heteroatoms. The van der Waals surface area contributed by atoms with Crippen LogP contribution >= 0.6 is 0 Å². The van der Waals surface area contributed by atoms with E-state index in [1.54, 1.807) is 13.8 Å². The third-order valence-corrected chi connectivity index (χ3v) is 1.09. The smallest absolute Gasteiger partial charge is 0.231 e. The number of nitrogen functional groups attached to an aromatic ring is 2. The van der Waals surface area contributed by atoms with Crippen molar-refractivity contribution >= 4 is 24.6 Å². The number of carbonyl (C=O) groups excluding carboxylic acids is 1. The standard InChI is InChI=1S/C6H12N6O.CH2O/c1-6(2,13)12-5-10-3(7)9-4(8)11-5;1-2/h13H,1-2H3,(H5,7,8,9,10,11,12);1H2. The zero-order valence-corrected chi connectivity index (χ0v) is 8.56. The minimum Gasteiger partial charge on any atom is -0.372 e. The van der Waals surface area contributed by atoms with Crippen molar-refractivity contribution < 1.29 is 9.90 Å². The van der Waals surface area contributed by atoms with Crippen LogP contribution in [-0.4, -0.2) is 32.6 Å². The molecule has 0 saturated carbocycles. The molecule has 0 spiro atoms. The lowest BCUT2D eigenvalue weighted by molar-refractivity contribution is -0.0979. The number of aromatic nitrogens is 3. The molecule has 0 saturated heterocycles. The summed E-state index contributed by atoms with van der Waals surface area (Å²) in [4.78, 5) is 19.0. The van der Waals surface area contributed by atoms with E-state index in [2.05, 4.69) is 20.3 Å². The van der Waals surface area contributed by atoms with Gasteiger partial charge in [0.15, 0.2) is 0 Å².